The van der Waals surface area contributed by atoms with Crippen molar-refractivity contribution in [3.8, 4) is 0 Å². The van der Waals surface area contributed by atoms with Gasteiger partial charge in [-0.2, -0.15) is 46.5 Å². The number of amides is 1. The van der Waals surface area contributed by atoms with Gasteiger partial charge in [0.25, 0.3) is 15.8 Å². The molecule has 0 bridgehead atoms. The fourth-order valence-corrected chi connectivity index (χ4v) is 3.80. The van der Waals surface area contributed by atoms with Gasteiger partial charge >= 0.3 is 12.4 Å². The number of halogens is 7. The quantitative estimate of drug-likeness (QED) is 0.329. The van der Waals surface area contributed by atoms with Crippen molar-refractivity contribution in [2.75, 3.05) is 17.3 Å². The lowest BCUT2D eigenvalue weighted by Gasteiger charge is -2.29. The lowest BCUT2D eigenvalue weighted by Crippen LogP contribution is -2.53. The largest absolute Gasteiger partial charge is 0.431 e. The lowest BCUT2D eigenvalue weighted by molar-refractivity contribution is -0.341. The molecule has 0 atom stereocenters. The molecule has 0 rings (SSSR count). The Balaban J connectivity index is 4.45. The Morgan fingerprint density at radius 3 is 1.85 bits per heavy atom. The van der Waals surface area contributed by atoms with Crippen molar-refractivity contribution >= 4 is 27.8 Å². The molecule has 0 spiro atoms. The Bertz CT molecular complexity index is 573. The minimum absolute atomic E-state index is 0.209. The van der Waals surface area contributed by atoms with Gasteiger partial charge < -0.3 is 5.32 Å². The van der Waals surface area contributed by atoms with E-state index in [0.29, 0.717) is 11.8 Å². The Kier molecular flexibility index (Phi) is 8.25. The number of hydrogen-bond donors (Lipinski definition) is 2. The number of carbonyl (C=O) groups excluding carboxylic acids is 1. The maximum atomic E-state index is 13.3. The molecule has 26 heavy (non-hydrogen) atoms. The SMILES string of the molecule is CC(C)(CS(=O)(=O)O)NC(=O)CCSCCC(F)(C(F)(F)F)C(F)(F)F. The predicted octanol–water partition coefficient (Wildman–Crippen LogP) is 3.12. The molecule has 0 unspecified atom stereocenters. The summed E-state index contributed by atoms with van der Waals surface area (Å²) in [5.41, 5.74) is -6.66. The van der Waals surface area contributed by atoms with Crippen LogP contribution in [0.15, 0.2) is 0 Å². The third kappa shape index (κ3) is 8.29. The van der Waals surface area contributed by atoms with E-state index in [4.69, 9.17) is 4.55 Å². The smallest absolute Gasteiger partial charge is 0.350 e. The molecular weight excluding hydrogens is 419 g/mol. The highest BCUT2D eigenvalue weighted by Gasteiger charge is 2.71. The lowest BCUT2D eigenvalue weighted by atomic mass is 10.0. The molecule has 0 saturated carbocycles. The summed E-state index contributed by atoms with van der Waals surface area (Å²) >= 11 is 0.511. The van der Waals surface area contributed by atoms with Gasteiger partial charge in [0, 0.05) is 18.6 Å². The predicted molar refractivity (Wildman–Crippen MR) is 81.1 cm³/mol. The molecule has 0 aromatic carbocycles. The molecule has 0 radical (unpaired) electrons. The fourth-order valence-electron chi connectivity index (χ4n) is 1.86. The van der Waals surface area contributed by atoms with Crippen molar-refractivity contribution in [2.45, 2.75) is 50.2 Å². The monoisotopic (exact) mass is 437 g/mol. The van der Waals surface area contributed by atoms with Crippen LogP contribution in [0.2, 0.25) is 0 Å². The van der Waals surface area contributed by atoms with Crippen LogP contribution >= 0.6 is 11.8 Å². The molecular formula is C12H18F7NO4S2. The highest BCUT2D eigenvalue weighted by molar-refractivity contribution is 7.99. The zero-order valence-electron chi connectivity index (χ0n) is 13.7. The number of alkyl halides is 7. The van der Waals surface area contributed by atoms with Crippen LogP contribution in [0.5, 0.6) is 0 Å². The van der Waals surface area contributed by atoms with Crippen molar-refractivity contribution in [1.82, 2.24) is 5.32 Å². The normalized spacial score (nSPS) is 14.4. The van der Waals surface area contributed by atoms with E-state index in [1.165, 1.54) is 13.8 Å². The third-order valence-corrected chi connectivity index (χ3v) is 5.06. The maximum absolute atomic E-state index is 13.3. The second-order valence-electron chi connectivity index (χ2n) is 6.07. The van der Waals surface area contributed by atoms with Gasteiger partial charge in [0.2, 0.25) is 5.91 Å². The first-order valence-electron chi connectivity index (χ1n) is 6.97. The van der Waals surface area contributed by atoms with E-state index in [0.717, 1.165) is 0 Å². The van der Waals surface area contributed by atoms with Crippen LogP contribution in [0.25, 0.3) is 0 Å². The minimum Gasteiger partial charge on any atom is -0.350 e. The fraction of sp³-hybridized carbons (Fsp3) is 0.917. The van der Waals surface area contributed by atoms with E-state index in [1.54, 1.807) is 0 Å². The summed E-state index contributed by atoms with van der Waals surface area (Å²) in [6.07, 6.45) is -14.4. The summed E-state index contributed by atoms with van der Waals surface area (Å²) < 4.78 is 118. The molecule has 0 aliphatic heterocycles. The molecule has 0 heterocycles. The molecule has 0 aromatic rings. The number of hydrogen-bond acceptors (Lipinski definition) is 4. The first-order chi connectivity index (χ1) is 11.3. The summed E-state index contributed by atoms with van der Waals surface area (Å²) in [6, 6.07) is 0. The summed E-state index contributed by atoms with van der Waals surface area (Å²) in [7, 11) is -4.38. The zero-order valence-corrected chi connectivity index (χ0v) is 15.3. The third-order valence-electron chi connectivity index (χ3n) is 2.98. The molecule has 0 aromatic heterocycles. The summed E-state index contributed by atoms with van der Waals surface area (Å²) in [4.78, 5) is 11.6. The average molecular weight is 437 g/mol. The molecule has 156 valence electrons. The van der Waals surface area contributed by atoms with Crippen molar-refractivity contribution in [3.63, 3.8) is 0 Å². The Morgan fingerprint density at radius 1 is 1.00 bits per heavy atom. The first kappa shape index (κ1) is 25.2. The molecule has 0 saturated heterocycles. The maximum Gasteiger partial charge on any atom is 0.431 e. The second kappa shape index (κ2) is 8.50. The molecule has 0 aliphatic carbocycles. The van der Waals surface area contributed by atoms with Gasteiger partial charge in [0.05, 0.1) is 11.3 Å². The first-order valence-corrected chi connectivity index (χ1v) is 9.73. The molecule has 2 N–H and O–H groups in total. The number of nitrogens with one attached hydrogen (secondary N) is 1. The van der Waals surface area contributed by atoms with Gasteiger partial charge in [-0.25, -0.2) is 4.39 Å². The molecule has 14 heteroatoms. The average Bonchev–Trinajstić information content (AvgIpc) is 2.31. The number of rotatable bonds is 9. The molecule has 0 aliphatic rings. The van der Waals surface area contributed by atoms with E-state index in [-0.39, 0.29) is 12.2 Å². The molecule has 1 amide bonds. The van der Waals surface area contributed by atoms with Crippen LogP contribution in [0.1, 0.15) is 26.7 Å². The zero-order chi connectivity index (χ0) is 21.0. The Labute approximate surface area is 149 Å². The van der Waals surface area contributed by atoms with E-state index in [9.17, 15) is 43.9 Å². The van der Waals surface area contributed by atoms with Crippen LogP contribution in [-0.2, 0) is 14.9 Å². The molecule has 0 fully saturated rings. The number of thioether (sulfide) groups is 1. The Hall–Kier alpha value is -0.760. The van der Waals surface area contributed by atoms with E-state index < -0.39 is 57.5 Å². The summed E-state index contributed by atoms with van der Waals surface area (Å²) in [5.74, 6) is -2.57. The van der Waals surface area contributed by atoms with E-state index in [2.05, 4.69) is 5.32 Å². The highest BCUT2D eigenvalue weighted by Crippen LogP contribution is 2.48. The number of carbonyl (C=O) groups is 1. The van der Waals surface area contributed by atoms with Crippen LogP contribution in [0, 0.1) is 0 Å². The van der Waals surface area contributed by atoms with Crippen molar-refractivity contribution in [2.24, 2.45) is 0 Å². The van der Waals surface area contributed by atoms with E-state index >= 15 is 0 Å². The van der Waals surface area contributed by atoms with Crippen molar-refractivity contribution < 1.29 is 48.5 Å². The van der Waals surface area contributed by atoms with Gasteiger partial charge in [-0.05, 0) is 19.6 Å². The van der Waals surface area contributed by atoms with Gasteiger partial charge in [-0.1, -0.05) is 0 Å². The Morgan fingerprint density at radius 2 is 1.46 bits per heavy atom. The van der Waals surface area contributed by atoms with Crippen LogP contribution in [-0.4, -0.2) is 59.7 Å². The minimum atomic E-state index is -6.11. The summed E-state index contributed by atoms with van der Waals surface area (Å²) in [6.45, 7) is 2.58. The second-order valence-corrected chi connectivity index (χ2v) is 8.74. The van der Waals surface area contributed by atoms with Crippen LogP contribution < -0.4 is 5.32 Å². The summed E-state index contributed by atoms with van der Waals surface area (Å²) in [5, 5.41) is 2.24. The standard InChI is InChI=1S/C12H18F7NO4S2/c1-9(2,7-26(22,23)24)20-8(21)3-5-25-6-4-10(13,11(14,15)16)12(17,18)19/h3-7H2,1-2H3,(H,20,21)(H,22,23,24). The van der Waals surface area contributed by atoms with Gasteiger partial charge in [-0.15, -0.1) is 0 Å². The van der Waals surface area contributed by atoms with Gasteiger partial charge in [-0.3, -0.25) is 9.35 Å². The van der Waals surface area contributed by atoms with Crippen molar-refractivity contribution in [1.29, 1.82) is 0 Å². The van der Waals surface area contributed by atoms with Gasteiger partial charge in [0.15, 0.2) is 0 Å². The van der Waals surface area contributed by atoms with E-state index in [1.807, 2.05) is 0 Å². The van der Waals surface area contributed by atoms with Crippen molar-refractivity contribution in [3.05, 3.63) is 0 Å². The van der Waals surface area contributed by atoms with Gasteiger partial charge in [0.1, 0.15) is 0 Å². The molecule has 5 nitrogen and oxygen atoms in total. The topological polar surface area (TPSA) is 83.5 Å². The van der Waals surface area contributed by atoms with Crippen LogP contribution in [0.4, 0.5) is 30.7 Å². The van der Waals surface area contributed by atoms with Crippen LogP contribution in [0.3, 0.4) is 0 Å². The highest BCUT2D eigenvalue weighted by atomic mass is 32.2.